The summed E-state index contributed by atoms with van der Waals surface area (Å²) in [7, 11) is 2.00. The summed E-state index contributed by atoms with van der Waals surface area (Å²) in [5, 5.41) is 3.65. The maximum Gasteiger partial charge on any atom is 0.229 e. The van der Waals surface area contributed by atoms with Gasteiger partial charge in [-0.25, -0.2) is 4.98 Å². The monoisotopic (exact) mass is 485 g/mol. The van der Waals surface area contributed by atoms with Crippen molar-refractivity contribution in [3.05, 3.63) is 60.0 Å². The third-order valence-corrected chi connectivity index (χ3v) is 7.52. The Morgan fingerprint density at radius 2 is 1.89 bits per heavy atom. The van der Waals surface area contributed by atoms with Gasteiger partial charge in [-0.1, -0.05) is 57.2 Å². The van der Waals surface area contributed by atoms with Gasteiger partial charge < -0.3 is 14.8 Å². The highest BCUT2D eigenvalue weighted by Gasteiger charge is 2.38. The van der Waals surface area contributed by atoms with Crippen LogP contribution in [0, 0.1) is 6.92 Å². The first-order valence-electron chi connectivity index (χ1n) is 13.0. The second kappa shape index (κ2) is 9.04. The lowest BCUT2D eigenvalue weighted by atomic mass is 9.86. The summed E-state index contributed by atoms with van der Waals surface area (Å²) in [5.41, 5.74) is 5.23. The van der Waals surface area contributed by atoms with Crippen LogP contribution in [-0.2, 0) is 12.5 Å². The molecule has 1 aromatic carbocycles. The van der Waals surface area contributed by atoms with Gasteiger partial charge in [0.15, 0.2) is 11.5 Å². The smallest absolute Gasteiger partial charge is 0.229 e. The topological polar surface area (TPSA) is 62.1 Å². The Kier molecular flexibility index (Phi) is 6.15. The summed E-state index contributed by atoms with van der Waals surface area (Å²) in [6.07, 6.45) is 11.8. The minimum atomic E-state index is -0.00785. The quantitative estimate of drug-likeness (QED) is 0.527. The third kappa shape index (κ3) is 4.64. The molecule has 0 radical (unpaired) electrons. The highest BCUT2D eigenvalue weighted by molar-refractivity contribution is 5.87. The van der Waals surface area contributed by atoms with E-state index in [4.69, 9.17) is 9.97 Å². The number of hydrogen-bond donors (Lipinski definition) is 1. The number of rotatable bonds is 4. The SMILES string of the molecule is Cc1ccc(C(C)(C)C)cc1Nc1nc(N2CCN(C3C=CC=CC3)C(C)(C)C2)nc2ncn(C)c12. The van der Waals surface area contributed by atoms with Gasteiger partial charge in [-0.3, -0.25) is 4.90 Å². The van der Waals surface area contributed by atoms with E-state index in [0.29, 0.717) is 6.04 Å². The standard InChI is InChI=1S/C29H39N7/c1-20-13-14-21(28(2,3)4)17-23(20)31-26-24-25(30-19-34(24)7)32-27(33-26)35-15-16-36(29(5,6)18-35)22-11-9-8-10-12-22/h8-11,13-14,17,19,22H,12,15-16,18H2,1-7H3,(H,31,32,33). The van der Waals surface area contributed by atoms with Crippen LogP contribution >= 0.6 is 0 Å². The minimum Gasteiger partial charge on any atom is -0.338 e. The number of hydrogen-bond acceptors (Lipinski definition) is 6. The van der Waals surface area contributed by atoms with Crippen LogP contribution in [0.5, 0.6) is 0 Å². The first-order valence-corrected chi connectivity index (χ1v) is 13.0. The van der Waals surface area contributed by atoms with E-state index in [-0.39, 0.29) is 11.0 Å². The molecule has 36 heavy (non-hydrogen) atoms. The number of aromatic nitrogens is 4. The average Bonchev–Trinajstić information content (AvgIpc) is 3.20. The number of nitrogens with zero attached hydrogens (tertiary/aromatic N) is 6. The maximum absolute atomic E-state index is 5.09. The molecule has 1 saturated heterocycles. The molecule has 0 amide bonds. The van der Waals surface area contributed by atoms with Crippen LogP contribution in [0.2, 0.25) is 0 Å². The van der Waals surface area contributed by atoms with E-state index >= 15 is 0 Å². The predicted octanol–water partition coefficient (Wildman–Crippen LogP) is 5.50. The lowest BCUT2D eigenvalue weighted by Crippen LogP contribution is -2.62. The Labute approximate surface area is 214 Å². The molecule has 1 fully saturated rings. The zero-order valence-corrected chi connectivity index (χ0v) is 22.7. The first-order chi connectivity index (χ1) is 17.0. The number of imidazole rings is 1. The molecule has 0 bridgehead atoms. The van der Waals surface area contributed by atoms with Gasteiger partial charge in [0.25, 0.3) is 0 Å². The van der Waals surface area contributed by atoms with Crippen molar-refractivity contribution in [1.29, 1.82) is 0 Å². The lowest BCUT2D eigenvalue weighted by Gasteiger charge is -2.50. The van der Waals surface area contributed by atoms with Gasteiger partial charge in [0.1, 0.15) is 5.52 Å². The van der Waals surface area contributed by atoms with E-state index in [0.717, 1.165) is 54.7 Å². The number of nitrogens with one attached hydrogen (secondary N) is 1. The van der Waals surface area contributed by atoms with E-state index < -0.39 is 0 Å². The normalized spacial score (nSPS) is 20.3. The molecule has 1 aliphatic heterocycles. The molecule has 0 spiro atoms. The van der Waals surface area contributed by atoms with Crippen molar-refractivity contribution in [2.75, 3.05) is 29.9 Å². The van der Waals surface area contributed by atoms with Crippen molar-refractivity contribution in [2.24, 2.45) is 7.05 Å². The van der Waals surface area contributed by atoms with Gasteiger partial charge in [0.05, 0.1) is 6.33 Å². The molecule has 0 saturated carbocycles. The minimum absolute atomic E-state index is 0.00785. The number of anilines is 3. The van der Waals surface area contributed by atoms with Crippen molar-refractivity contribution in [3.63, 3.8) is 0 Å². The van der Waals surface area contributed by atoms with E-state index in [1.54, 1.807) is 0 Å². The molecule has 1 atom stereocenters. The molecule has 5 rings (SSSR count). The predicted molar refractivity (Wildman–Crippen MR) is 149 cm³/mol. The zero-order valence-electron chi connectivity index (χ0n) is 22.7. The van der Waals surface area contributed by atoms with Gasteiger partial charge in [-0.2, -0.15) is 9.97 Å². The molecular weight excluding hydrogens is 446 g/mol. The van der Waals surface area contributed by atoms with E-state index in [1.165, 1.54) is 11.1 Å². The summed E-state index contributed by atoms with van der Waals surface area (Å²) >= 11 is 0. The Balaban J connectivity index is 1.48. The summed E-state index contributed by atoms with van der Waals surface area (Å²) in [5.74, 6) is 1.53. The first kappa shape index (κ1) is 24.5. The van der Waals surface area contributed by atoms with Crippen molar-refractivity contribution in [2.45, 2.75) is 65.0 Å². The summed E-state index contributed by atoms with van der Waals surface area (Å²) in [6, 6.07) is 7.08. The zero-order chi connectivity index (χ0) is 25.7. The van der Waals surface area contributed by atoms with Crippen LogP contribution < -0.4 is 10.2 Å². The van der Waals surface area contributed by atoms with Crippen LogP contribution in [0.25, 0.3) is 11.2 Å². The van der Waals surface area contributed by atoms with Gasteiger partial charge in [0, 0.05) is 44.0 Å². The Bertz CT molecular complexity index is 1330. The van der Waals surface area contributed by atoms with E-state index in [2.05, 4.69) is 104 Å². The molecule has 3 heterocycles. The average molecular weight is 486 g/mol. The van der Waals surface area contributed by atoms with Crippen LogP contribution in [0.15, 0.2) is 48.8 Å². The van der Waals surface area contributed by atoms with Gasteiger partial charge in [-0.05, 0) is 49.8 Å². The van der Waals surface area contributed by atoms with Crippen LogP contribution in [-0.4, -0.2) is 55.6 Å². The summed E-state index contributed by atoms with van der Waals surface area (Å²) in [4.78, 5) is 19.5. The number of fused-ring (bicyclic) bond motifs is 1. The van der Waals surface area contributed by atoms with E-state index in [9.17, 15) is 0 Å². The third-order valence-electron chi connectivity index (χ3n) is 7.52. The van der Waals surface area contributed by atoms with Crippen molar-refractivity contribution in [1.82, 2.24) is 24.4 Å². The number of aryl methyl sites for hydroxylation is 2. The second-order valence-corrected chi connectivity index (χ2v) is 11.8. The van der Waals surface area contributed by atoms with Gasteiger partial charge in [-0.15, -0.1) is 0 Å². The van der Waals surface area contributed by atoms with Crippen LogP contribution in [0.3, 0.4) is 0 Å². The van der Waals surface area contributed by atoms with Gasteiger partial charge in [0.2, 0.25) is 5.95 Å². The van der Waals surface area contributed by atoms with Gasteiger partial charge >= 0.3 is 0 Å². The highest BCUT2D eigenvalue weighted by atomic mass is 15.4. The fourth-order valence-electron chi connectivity index (χ4n) is 5.38. The fourth-order valence-corrected chi connectivity index (χ4v) is 5.38. The lowest BCUT2D eigenvalue weighted by molar-refractivity contribution is 0.0757. The van der Waals surface area contributed by atoms with Crippen molar-refractivity contribution in [3.8, 4) is 0 Å². The fraction of sp³-hybridized carbons (Fsp3) is 0.483. The largest absolute Gasteiger partial charge is 0.338 e. The van der Waals surface area contributed by atoms with Crippen molar-refractivity contribution < 1.29 is 0 Å². The number of allylic oxidation sites excluding steroid dienone is 2. The van der Waals surface area contributed by atoms with Crippen LogP contribution in [0.4, 0.5) is 17.5 Å². The summed E-state index contributed by atoms with van der Waals surface area (Å²) < 4.78 is 2.00. The number of benzene rings is 1. The summed E-state index contributed by atoms with van der Waals surface area (Å²) in [6.45, 7) is 16.2. The molecule has 2 aliphatic rings. The number of piperazine rings is 1. The molecule has 2 aromatic heterocycles. The second-order valence-electron chi connectivity index (χ2n) is 11.8. The Morgan fingerprint density at radius 3 is 2.58 bits per heavy atom. The highest BCUT2D eigenvalue weighted by Crippen LogP contribution is 2.33. The molecule has 7 nitrogen and oxygen atoms in total. The van der Waals surface area contributed by atoms with E-state index in [1.807, 2.05) is 17.9 Å². The Hall–Kier alpha value is -3.19. The molecule has 1 N–H and O–H groups in total. The molecular formula is C29H39N7. The molecule has 3 aromatic rings. The maximum atomic E-state index is 5.09. The van der Waals surface area contributed by atoms with Crippen molar-refractivity contribution >= 4 is 28.6 Å². The van der Waals surface area contributed by atoms with Crippen LogP contribution in [0.1, 0.15) is 52.2 Å². The molecule has 1 aliphatic carbocycles. The molecule has 190 valence electrons. The Morgan fingerprint density at radius 1 is 1.08 bits per heavy atom. The molecule has 7 heteroatoms. The molecule has 1 unspecified atom stereocenters.